The number of nitrogens with one attached hydrogen (secondary N) is 3. The van der Waals surface area contributed by atoms with E-state index in [9.17, 15) is 22.8 Å². The monoisotopic (exact) mass is 488 g/mol. The average Bonchev–Trinajstić information content (AvgIpc) is 3.24. The van der Waals surface area contributed by atoms with Gasteiger partial charge >= 0.3 is 12.2 Å². The summed E-state index contributed by atoms with van der Waals surface area (Å²) in [5.74, 6) is -0.339. The predicted octanol–water partition coefficient (Wildman–Crippen LogP) is 3.06. The summed E-state index contributed by atoms with van der Waals surface area (Å²) in [6.45, 7) is -1.41. The quantitative estimate of drug-likeness (QED) is 0.288. The van der Waals surface area contributed by atoms with E-state index in [0.717, 1.165) is 0 Å². The standard InChI is InChI=1S/C23H23F3N6O3/c1-31(9-10-33)21(34)6-5-18(27)15-7-8-32-19(13-28-20(32)12-15)16-3-2-4-17(11-16)30-22(35)29-14-23(24,25)26/h2-8,11-13,27,33H,9-10,14H2,1H3,(H2,29,30,35)/b6-5-,27-18?. The molecule has 2 heterocycles. The molecular formula is C23H23F3N6O3. The molecule has 0 radical (unpaired) electrons. The van der Waals surface area contributed by atoms with Gasteiger partial charge in [-0.3, -0.25) is 9.20 Å². The van der Waals surface area contributed by atoms with E-state index in [1.807, 2.05) is 0 Å². The number of hydrogen-bond donors (Lipinski definition) is 4. The van der Waals surface area contributed by atoms with Gasteiger partial charge in [0, 0.05) is 42.7 Å². The first kappa shape index (κ1) is 25.4. The zero-order valence-electron chi connectivity index (χ0n) is 18.6. The molecule has 0 fully saturated rings. The number of allylic oxidation sites excluding steroid dienone is 1. The van der Waals surface area contributed by atoms with E-state index in [1.54, 1.807) is 65.6 Å². The van der Waals surface area contributed by atoms with Gasteiger partial charge in [-0.25, -0.2) is 9.78 Å². The molecule has 0 unspecified atom stereocenters. The number of urea groups is 1. The van der Waals surface area contributed by atoms with E-state index in [2.05, 4.69) is 10.3 Å². The Morgan fingerprint density at radius 3 is 2.71 bits per heavy atom. The van der Waals surface area contributed by atoms with Crippen LogP contribution in [0.5, 0.6) is 0 Å². The van der Waals surface area contributed by atoms with Crippen molar-refractivity contribution in [2.24, 2.45) is 0 Å². The van der Waals surface area contributed by atoms with E-state index in [1.165, 1.54) is 17.1 Å². The molecule has 0 spiro atoms. The maximum atomic E-state index is 12.3. The minimum Gasteiger partial charge on any atom is -0.395 e. The van der Waals surface area contributed by atoms with E-state index >= 15 is 0 Å². The van der Waals surface area contributed by atoms with E-state index in [-0.39, 0.29) is 24.8 Å². The average molecular weight is 488 g/mol. The summed E-state index contributed by atoms with van der Waals surface area (Å²) in [5.41, 5.74) is 2.77. The van der Waals surface area contributed by atoms with Crippen LogP contribution in [0.25, 0.3) is 16.9 Å². The highest BCUT2D eigenvalue weighted by atomic mass is 19.4. The van der Waals surface area contributed by atoms with Crippen LogP contribution in [0.1, 0.15) is 5.56 Å². The van der Waals surface area contributed by atoms with Crippen LogP contribution in [-0.4, -0.2) is 70.0 Å². The number of anilines is 1. The van der Waals surface area contributed by atoms with Gasteiger partial charge in [0.1, 0.15) is 12.2 Å². The van der Waals surface area contributed by atoms with Crippen LogP contribution in [-0.2, 0) is 4.79 Å². The minimum absolute atomic E-state index is 0.0962. The number of benzene rings is 1. The Labute approximate surface area is 198 Å². The maximum Gasteiger partial charge on any atom is 0.405 e. The number of fused-ring (bicyclic) bond motifs is 1. The molecule has 0 bridgehead atoms. The maximum absolute atomic E-state index is 12.3. The number of aromatic nitrogens is 2. The lowest BCUT2D eigenvalue weighted by Crippen LogP contribution is -2.36. The Kier molecular flexibility index (Phi) is 7.87. The summed E-state index contributed by atoms with van der Waals surface area (Å²) in [5, 5.41) is 21.2. The zero-order chi connectivity index (χ0) is 25.6. The predicted molar refractivity (Wildman–Crippen MR) is 124 cm³/mol. The van der Waals surface area contributed by atoms with Crippen LogP contribution in [0.2, 0.25) is 0 Å². The van der Waals surface area contributed by atoms with Crippen molar-refractivity contribution >= 4 is 29.0 Å². The molecule has 0 saturated carbocycles. The number of aliphatic hydroxyl groups is 1. The Morgan fingerprint density at radius 1 is 1.23 bits per heavy atom. The highest BCUT2D eigenvalue weighted by molar-refractivity contribution is 6.09. The second-order valence-electron chi connectivity index (χ2n) is 7.52. The number of pyridine rings is 1. The summed E-state index contributed by atoms with van der Waals surface area (Å²) >= 11 is 0. The van der Waals surface area contributed by atoms with E-state index < -0.39 is 18.8 Å². The van der Waals surface area contributed by atoms with Crippen molar-refractivity contribution < 1.29 is 27.9 Å². The third-order valence-corrected chi connectivity index (χ3v) is 4.89. The van der Waals surface area contributed by atoms with Crippen molar-refractivity contribution in [2.45, 2.75) is 6.18 Å². The molecule has 3 amide bonds. The molecule has 2 aromatic heterocycles. The van der Waals surface area contributed by atoms with Gasteiger partial charge in [0.2, 0.25) is 5.91 Å². The number of imidazole rings is 1. The van der Waals surface area contributed by atoms with Crippen LogP contribution in [0.4, 0.5) is 23.7 Å². The van der Waals surface area contributed by atoms with E-state index in [4.69, 9.17) is 10.5 Å². The number of carbonyl (C=O) groups excluding carboxylic acids is 2. The summed E-state index contributed by atoms with van der Waals surface area (Å²) in [6, 6.07) is 8.93. The van der Waals surface area contributed by atoms with Crippen LogP contribution >= 0.6 is 0 Å². The third-order valence-electron chi connectivity index (χ3n) is 4.89. The van der Waals surface area contributed by atoms with Gasteiger partial charge in [-0.2, -0.15) is 13.2 Å². The fourth-order valence-electron chi connectivity index (χ4n) is 3.11. The number of likely N-dealkylation sites (N-methyl/N-ethyl adjacent to an activating group) is 1. The molecule has 0 aliphatic carbocycles. The number of nitrogens with zero attached hydrogens (tertiary/aromatic N) is 3. The fourth-order valence-corrected chi connectivity index (χ4v) is 3.11. The third kappa shape index (κ3) is 6.90. The Balaban J connectivity index is 1.75. The highest BCUT2D eigenvalue weighted by Crippen LogP contribution is 2.24. The summed E-state index contributed by atoms with van der Waals surface area (Å²) in [7, 11) is 1.55. The van der Waals surface area contributed by atoms with Crippen molar-refractivity contribution in [2.75, 3.05) is 32.1 Å². The van der Waals surface area contributed by atoms with Gasteiger partial charge in [0.05, 0.1) is 24.2 Å². The van der Waals surface area contributed by atoms with Crippen LogP contribution < -0.4 is 10.6 Å². The number of halogens is 3. The fraction of sp³-hybridized carbons (Fsp3) is 0.217. The van der Waals surface area contributed by atoms with Gasteiger partial charge in [0.25, 0.3) is 0 Å². The van der Waals surface area contributed by atoms with Gasteiger partial charge in [-0.1, -0.05) is 12.1 Å². The molecule has 0 aliphatic heterocycles. The molecular weight excluding hydrogens is 465 g/mol. The van der Waals surface area contributed by atoms with Gasteiger partial charge < -0.3 is 26.0 Å². The molecule has 3 aromatic rings. The molecule has 9 nitrogen and oxygen atoms in total. The second-order valence-corrected chi connectivity index (χ2v) is 7.52. The Morgan fingerprint density at radius 2 is 2.00 bits per heavy atom. The van der Waals surface area contributed by atoms with Gasteiger partial charge in [-0.05, 0) is 30.3 Å². The first-order chi connectivity index (χ1) is 16.6. The molecule has 184 valence electrons. The van der Waals surface area contributed by atoms with Crippen molar-refractivity contribution in [3.63, 3.8) is 0 Å². The largest absolute Gasteiger partial charge is 0.405 e. The molecule has 35 heavy (non-hydrogen) atoms. The smallest absolute Gasteiger partial charge is 0.395 e. The van der Waals surface area contributed by atoms with E-state index in [0.29, 0.717) is 28.2 Å². The topological polar surface area (TPSA) is 123 Å². The molecule has 12 heteroatoms. The van der Waals surface area contributed by atoms with Crippen LogP contribution in [0, 0.1) is 5.41 Å². The number of rotatable bonds is 8. The van der Waals surface area contributed by atoms with Crippen LogP contribution in [0.3, 0.4) is 0 Å². The van der Waals surface area contributed by atoms with Crippen molar-refractivity contribution in [3.05, 3.63) is 66.5 Å². The second kappa shape index (κ2) is 10.8. The molecule has 3 rings (SSSR count). The number of alkyl halides is 3. The lowest BCUT2D eigenvalue weighted by atomic mass is 10.1. The number of aliphatic hydroxyl groups excluding tert-OH is 1. The highest BCUT2D eigenvalue weighted by Gasteiger charge is 2.27. The van der Waals surface area contributed by atoms with Crippen LogP contribution in [0.15, 0.2) is 60.9 Å². The van der Waals surface area contributed by atoms with Crippen molar-refractivity contribution in [1.82, 2.24) is 19.6 Å². The lowest BCUT2D eigenvalue weighted by molar-refractivity contribution is -0.125. The van der Waals surface area contributed by atoms with Gasteiger partial charge in [-0.15, -0.1) is 0 Å². The molecule has 4 N–H and O–H groups in total. The lowest BCUT2D eigenvalue weighted by Gasteiger charge is -2.12. The summed E-state index contributed by atoms with van der Waals surface area (Å²) in [4.78, 5) is 29.4. The minimum atomic E-state index is -4.51. The van der Waals surface area contributed by atoms with Gasteiger partial charge in [0.15, 0.2) is 0 Å². The molecule has 0 aliphatic rings. The van der Waals surface area contributed by atoms with Crippen molar-refractivity contribution in [3.8, 4) is 11.3 Å². The summed E-state index contributed by atoms with van der Waals surface area (Å²) < 4.78 is 38.6. The first-order valence-electron chi connectivity index (χ1n) is 10.4. The molecule has 1 aromatic carbocycles. The zero-order valence-corrected chi connectivity index (χ0v) is 18.6. The van der Waals surface area contributed by atoms with Crippen molar-refractivity contribution in [1.29, 1.82) is 5.41 Å². The summed E-state index contributed by atoms with van der Waals surface area (Å²) in [6.07, 6.45) is 1.40. The first-order valence-corrected chi connectivity index (χ1v) is 10.4. The number of hydrogen-bond acceptors (Lipinski definition) is 5. The number of amides is 3. The number of carbonyl (C=O) groups is 2. The molecule has 0 saturated heterocycles. The Bertz CT molecular complexity index is 1270. The Hall–Kier alpha value is -4.19. The molecule has 0 atom stereocenters. The SMILES string of the molecule is CN(CCO)C(=O)/C=C\C(=N)c1ccn2c(-c3cccc(NC(=O)NCC(F)(F)F)c3)cnc2c1. The normalized spacial score (nSPS) is 11.6.